The topological polar surface area (TPSA) is 50.5 Å². The van der Waals surface area contributed by atoms with E-state index in [1.54, 1.807) is 24.3 Å². The maximum Gasteiger partial charge on any atom is 0.234 e. The molecule has 1 amide bonds. The predicted molar refractivity (Wildman–Crippen MR) is 128 cm³/mol. The summed E-state index contributed by atoms with van der Waals surface area (Å²) in [7, 11) is 0. The Balaban J connectivity index is 1.57. The molecule has 5 rings (SSSR count). The highest BCUT2D eigenvalue weighted by atomic mass is 35.5. The summed E-state index contributed by atoms with van der Waals surface area (Å²) in [4.78, 5) is 20.7. The van der Waals surface area contributed by atoms with Gasteiger partial charge in [0.05, 0.1) is 27.8 Å². The molecule has 1 saturated heterocycles. The number of fused-ring (bicyclic) bond motifs is 1. The lowest BCUT2D eigenvalue weighted by atomic mass is 9.86. The van der Waals surface area contributed by atoms with Crippen LogP contribution in [-0.4, -0.2) is 32.8 Å². The number of carbonyl (C=O) groups is 1. The van der Waals surface area contributed by atoms with Gasteiger partial charge in [-0.1, -0.05) is 41.4 Å². The van der Waals surface area contributed by atoms with Crippen LogP contribution in [0.15, 0.2) is 53.5 Å². The highest BCUT2D eigenvalue weighted by Crippen LogP contribution is 2.42. The molecule has 0 bridgehead atoms. The molecule has 3 aromatic rings. The van der Waals surface area contributed by atoms with Crippen molar-refractivity contribution in [3.05, 3.63) is 81.2 Å². The van der Waals surface area contributed by atoms with E-state index in [4.69, 9.17) is 28.2 Å². The third-order valence-corrected chi connectivity index (χ3v) is 7.24. The number of amides is 1. The Hall–Kier alpha value is -2.70. The van der Waals surface area contributed by atoms with E-state index in [2.05, 4.69) is 5.10 Å². The number of nitrogens with zero attached hydrogens (tertiary/aromatic N) is 4. The first-order chi connectivity index (χ1) is 15.8. The fourth-order valence-corrected chi connectivity index (χ4v) is 5.30. The monoisotopic (exact) mass is 484 g/mol. The lowest BCUT2D eigenvalue weighted by Crippen LogP contribution is -2.44. The summed E-state index contributed by atoms with van der Waals surface area (Å²) in [6.45, 7) is 4.44. The van der Waals surface area contributed by atoms with E-state index in [0.717, 1.165) is 35.4 Å². The van der Waals surface area contributed by atoms with Gasteiger partial charge in [-0.3, -0.25) is 4.79 Å². The first kappa shape index (κ1) is 22.1. The maximum atomic E-state index is 14.1. The van der Waals surface area contributed by atoms with Crippen LogP contribution in [0.1, 0.15) is 48.7 Å². The molecule has 0 aliphatic carbocycles. The van der Waals surface area contributed by atoms with E-state index >= 15 is 0 Å². The molecule has 5 nitrogen and oxygen atoms in total. The number of aliphatic imine (C=N–C) groups is 1. The number of halogens is 3. The van der Waals surface area contributed by atoms with Crippen LogP contribution in [0.5, 0.6) is 0 Å². The van der Waals surface area contributed by atoms with E-state index < -0.39 is 12.0 Å². The normalized spacial score (nSPS) is 22.3. The van der Waals surface area contributed by atoms with Crippen LogP contribution in [0.3, 0.4) is 0 Å². The molecule has 0 saturated carbocycles. The number of likely N-dealkylation sites (tertiary alicyclic amines) is 1. The van der Waals surface area contributed by atoms with Gasteiger partial charge in [0.2, 0.25) is 5.91 Å². The van der Waals surface area contributed by atoms with E-state index in [1.165, 1.54) is 12.1 Å². The molecule has 3 heterocycles. The van der Waals surface area contributed by atoms with Crippen LogP contribution in [0.4, 0.5) is 10.2 Å². The number of aryl methyl sites for hydroxylation is 1. The second-order valence-electron chi connectivity index (χ2n) is 8.68. The van der Waals surface area contributed by atoms with E-state index in [1.807, 2.05) is 35.6 Å². The summed E-state index contributed by atoms with van der Waals surface area (Å²) in [5.41, 5.74) is 3.34. The van der Waals surface area contributed by atoms with Gasteiger partial charge in [0.25, 0.3) is 0 Å². The van der Waals surface area contributed by atoms with Crippen LogP contribution in [0.2, 0.25) is 10.0 Å². The highest BCUT2D eigenvalue weighted by Gasteiger charge is 2.43. The number of hydrogen-bond donors (Lipinski definition) is 0. The SMILES string of the molecule is CC1=Nc2cc(C)nn2[C@H](c2ccc(Cl)c(Cl)c2)C1C(=O)N1CCC[C@H]1c1ccc(F)cc1. The zero-order chi connectivity index (χ0) is 23.3. The molecule has 1 unspecified atom stereocenters. The summed E-state index contributed by atoms with van der Waals surface area (Å²) in [6.07, 6.45) is 1.73. The van der Waals surface area contributed by atoms with Gasteiger partial charge in [0, 0.05) is 18.3 Å². The van der Waals surface area contributed by atoms with Crippen molar-refractivity contribution in [1.82, 2.24) is 14.7 Å². The molecule has 8 heteroatoms. The highest BCUT2D eigenvalue weighted by molar-refractivity contribution is 6.42. The number of aromatic nitrogens is 2. The number of hydrogen-bond acceptors (Lipinski definition) is 3. The fourth-order valence-electron chi connectivity index (χ4n) is 5.00. The van der Waals surface area contributed by atoms with Gasteiger partial charge < -0.3 is 4.90 Å². The fraction of sp³-hybridized carbons (Fsp3) is 0.320. The molecular formula is C25H23Cl2FN4O. The van der Waals surface area contributed by atoms with Crippen molar-refractivity contribution in [2.24, 2.45) is 10.9 Å². The summed E-state index contributed by atoms with van der Waals surface area (Å²) in [5, 5.41) is 5.55. The van der Waals surface area contributed by atoms with Crippen LogP contribution in [-0.2, 0) is 4.79 Å². The van der Waals surface area contributed by atoms with Crippen molar-refractivity contribution in [3.8, 4) is 0 Å². The van der Waals surface area contributed by atoms with E-state index in [-0.39, 0.29) is 17.8 Å². The minimum atomic E-state index is -0.546. The van der Waals surface area contributed by atoms with Crippen LogP contribution in [0, 0.1) is 18.7 Å². The average Bonchev–Trinajstić information content (AvgIpc) is 3.41. The van der Waals surface area contributed by atoms with Gasteiger partial charge in [-0.25, -0.2) is 14.1 Å². The van der Waals surface area contributed by atoms with E-state index in [0.29, 0.717) is 22.4 Å². The summed E-state index contributed by atoms with van der Waals surface area (Å²) in [6, 6.07) is 13.3. The number of carbonyl (C=O) groups excluding carboxylic acids is 1. The van der Waals surface area contributed by atoms with Crippen molar-refractivity contribution in [3.63, 3.8) is 0 Å². The zero-order valence-electron chi connectivity index (χ0n) is 18.3. The molecule has 2 aromatic carbocycles. The number of benzene rings is 2. The van der Waals surface area contributed by atoms with Crippen molar-refractivity contribution < 1.29 is 9.18 Å². The molecule has 0 radical (unpaired) electrons. The first-order valence-electron chi connectivity index (χ1n) is 11.0. The maximum absolute atomic E-state index is 14.1. The van der Waals surface area contributed by atoms with Crippen LogP contribution >= 0.6 is 23.2 Å². The van der Waals surface area contributed by atoms with Gasteiger partial charge in [-0.15, -0.1) is 0 Å². The van der Waals surface area contributed by atoms with Crippen LogP contribution in [0.25, 0.3) is 0 Å². The van der Waals surface area contributed by atoms with Gasteiger partial charge in [0.15, 0.2) is 5.82 Å². The van der Waals surface area contributed by atoms with Crippen LogP contribution < -0.4 is 0 Å². The minimum Gasteiger partial charge on any atom is -0.335 e. The van der Waals surface area contributed by atoms with Gasteiger partial charge >= 0.3 is 0 Å². The molecule has 1 fully saturated rings. The molecule has 33 heavy (non-hydrogen) atoms. The third kappa shape index (κ3) is 3.96. The summed E-state index contributed by atoms with van der Waals surface area (Å²) in [5.74, 6) is -0.138. The zero-order valence-corrected chi connectivity index (χ0v) is 19.8. The first-order valence-corrected chi connectivity index (χ1v) is 11.7. The smallest absolute Gasteiger partial charge is 0.234 e. The average molecular weight is 485 g/mol. The molecule has 1 aromatic heterocycles. The number of rotatable bonds is 3. The van der Waals surface area contributed by atoms with Crippen molar-refractivity contribution in [1.29, 1.82) is 0 Å². The Morgan fingerprint density at radius 1 is 1.03 bits per heavy atom. The predicted octanol–water partition coefficient (Wildman–Crippen LogP) is 6.31. The van der Waals surface area contributed by atoms with Gasteiger partial charge in [-0.05, 0) is 62.1 Å². The Morgan fingerprint density at radius 3 is 2.48 bits per heavy atom. The molecule has 0 N–H and O–H groups in total. The molecule has 2 aliphatic rings. The summed E-state index contributed by atoms with van der Waals surface area (Å²) >= 11 is 12.5. The Labute approximate surface area is 201 Å². The Morgan fingerprint density at radius 2 is 1.76 bits per heavy atom. The minimum absolute atomic E-state index is 0.0158. The van der Waals surface area contributed by atoms with Gasteiger partial charge in [0.1, 0.15) is 11.7 Å². The van der Waals surface area contributed by atoms with Crippen molar-refractivity contribution in [2.45, 2.75) is 38.8 Å². The molecular weight excluding hydrogens is 462 g/mol. The van der Waals surface area contributed by atoms with Gasteiger partial charge in [-0.2, -0.15) is 5.10 Å². The standard InChI is InChI=1S/C25H23Cl2FN4O/c1-14-12-22-29-15(2)23(24(32(22)30-14)17-7-10-19(26)20(27)13-17)25(33)31-11-3-4-21(31)16-5-8-18(28)9-6-16/h5-10,12-13,21,23-24H,3-4,11H2,1-2H3/t21-,23?,24+/m0/s1. The molecule has 170 valence electrons. The lowest BCUT2D eigenvalue weighted by Gasteiger charge is -2.36. The summed E-state index contributed by atoms with van der Waals surface area (Å²) < 4.78 is 15.3. The van der Waals surface area contributed by atoms with Crippen molar-refractivity contribution >= 4 is 40.6 Å². The van der Waals surface area contributed by atoms with Crippen molar-refractivity contribution in [2.75, 3.05) is 6.54 Å². The molecule has 0 spiro atoms. The Kier molecular flexibility index (Phi) is 5.75. The Bertz CT molecular complexity index is 1250. The second-order valence-corrected chi connectivity index (χ2v) is 9.49. The lowest BCUT2D eigenvalue weighted by molar-refractivity contribution is -0.135. The molecule has 2 aliphatic heterocycles. The quantitative estimate of drug-likeness (QED) is 0.437. The molecule has 3 atom stereocenters. The third-order valence-electron chi connectivity index (χ3n) is 6.50. The van der Waals surface area contributed by atoms with E-state index in [9.17, 15) is 9.18 Å². The second kappa shape index (κ2) is 8.58. The largest absolute Gasteiger partial charge is 0.335 e.